The molecule has 2 aromatic heterocycles. The highest BCUT2D eigenvalue weighted by Crippen LogP contribution is 2.41. The summed E-state index contributed by atoms with van der Waals surface area (Å²) in [7, 11) is -3.27. The first kappa shape index (κ1) is 12.3. The van der Waals surface area contributed by atoms with Crippen molar-refractivity contribution in [3.63, 3.8) is 0 Å². The van der Waals surface area contributed by atoms with Crippen LogP contribution in [-0.2, 0) is 10.0 Å². The lowest BCUT2D eigenvalue weighted by atomic mass is 10.4. The van der Waals surface area contributed by atoms with Crippen LogP contribution in [0.1, 0.15) is 37.4 Å². The molecule has 0 amide bonds. The fraction of sp³-hybridized carbons (Fsp3) is 0.500. The van der Waals surface area contributed by atoms with Gasteiger partial charge in [-0.15, -0.1) is 11.3 Å². The topological polar surface area (TPSA) is 85.1 Å². The quantitative estimate of drug-likeness (QED) is 0.917. The van der Waals surface area contributed by atoms with E-state index in [4.69, 9.17) is 4.52 Å². The van der Waals surface area contributed by atoms with Gasteiger partial charge in [0, 0.05) is 5.92 Å². The number of sulfonamides is 1. The second-order valence-corrected chi connectivity index (χ2v) is 8.12. The third-order valence-electron chi connectivity index (χ3n) is 3.46. The van der Waals surface area contributed by atoms with Crippen LogP contribution in [0, 0.1) is 0 Å². The molecule has 2 saturated carbocycles. The molecular formula is C12H13N3O3S2. The predicted octanol–water partition coefficient (Wildman–Crippen LogP) is 2.58. The zero-order chi connectivity index (χ0) is 13.7. The van der Waals surface area contributed by atoms with Crippen LogP contribution in [0.5, 0.6) is 0 Å². The SMILES string of the molecule is O=S(=O)(Nc1ccsc1-c1nc(C2CC2)no1)C1CC1. The van der Waals surface area contributed by atoms with Crippen molar-refractivity contribution >= 4 is 27.0 Å². The Morgan fingerprint density at radius 3 is 2.80 bits per heavy atom. The molecule has 20 heavy (non-hydrogen) atoms. The summed E-state index contributed by atoms with van der Waals surface area (Å²) in [6.45, 7) is 0. The molecule has 1 N–H and O–H groups in total. The molecule has 0 radical (unpaired) electrons. The Labute approximate surface area is 120 Å². The highest BCUT2D eigenvalue weighted by atomic mass is 32.2. The van der Waals surface area contributed by atoms with Gasteiger partial charge in [-0.05, 0) is 37.1 Å². The second kappa shape index (κ2) is 4.29. The third kappa shape index (κ3) is 2.22. The molecule has 6 nitrogen and oxygen atoms in total. The van der Waals surface area contributed by atoms with E-state index in [-0.39, 0.29) is 5.25 Å². The van der Waals surface area contributed by atoms with E-state index in [2.05, 4.69) is 14.9 Å². The van der Waals surface area contributed by atoms with Gasteiger partial charge in [-0.1, -0.05) is 5.16 Å². The number of aromatic nitrogens is 2. The summed E-state index contributed by atoms with van der Waals surface area (Å²) in [5.41, 5.74) is 0.535. The summed E-state index contributed by atoms with van der Waals surface area (Å²) >= 11 is 1.40. The Bertz CT molecular complexity index is 742. The highest BCUT2D eigenvalue weighted by Gasteiger charge is 2.36. The van der Waals surface area contributed by atoms with Crippen molar-refractivity contribution in [2.24, 2.45) is 0 Å². The van der Waals surface area contributed by atoms with Crippen molar-refractivity contribution in [1.82, 2.24) is 10.1 Å². The lowest BCUT2D eigenvalue weighted by molar-refractivity contribution is 0.423. The Balaban J connectivity index is 1.63. The molecule has 8 heteroatoms. The Kier molecular flexibility index (Phi) is 2.65. The van der Waals surface area contributed by atoms with E-state index in [0.717, 1.165) is 31.5 Å². The molecule has 0 atom stereocenters. The summed E-state index contributed by atoms with van der Waals surface area (Å²) in [6.07, 6.45) is 3.68. The van der Waals surface area contributed by atoms with Crippen LogP contribution < -0.4 is 4.72 Å². The van der Waals surface area contributed by atoms with Gasteiger partial charge in [0.2, 0.25) is 10.0 Å². The lowest BCUT2D eigenvalue weighted by Gasteiger charge is -2.05. The van der Waals surface area contributed by atoms with Crippen LogP contribution >= 0.6 is 11.3 Å². The van der Waals surface area contributed by atoms with E-state index in [1.165, 1.54) is 11.3 Å². The highest BCUT2D eigenvalue weighted by molar-refractivity contribution is 7.93. The molecule has 4 rings (SSSR count). The molecular weight excluding hydrogens is 298 g/mol. The third-order valence-corrected chi connectivity index (χ3v) is 6.22. The summed E-state index contributed by atoms with van der Waals surface area (Å²) in [5, 5.41) is 5.53. The first-order valence-corrected chi connectivity index (χ1v) is 8.99. The van der Waals surface area contributed by atoms with Gasteiger partial charge < -0.3 is 4.52 Å². The fourth-order valence-electron chi connectivity index (χ4n) is 2.00. The van der Waals surface area contributed by atoms with Gasteiger partial charge in [-0.3, -0.25) is 4.72 Å². The van der Waals surface area contributed by atoms with Crippen molar-refractivity contribution in [2.75, 3.05) is 4.72 Å². The van der Waals surface area contributed by atoms with Crippen molar-refractivity contribution in [3.8, 4) is 10.8 Å². The molecule has 2 aromatic rings. The molecule has 0 aliphatic heterocycles. The molecule has 0 bridgehead atoms. The van der Waals surface area contributed by atoms with Gasteiger partial charge >= 0.3 is 0 Å². The summed E-state index contributed by atoms with van der Waals surface area (Å²) < 4.78 is 31.9. The lowest BCUT2D eigenvalue weighted by Crippen LogP contribution is -2.17. The first-order valence-electron chi connectivity index (χ1n) is 6.56. The number of hydrogen-bond acceptors (Lipinski definition) is 6. The second-order valence-electron chi connectivity index (χ2n) is 5.24. The molecule has 0 unspecified atom stereocenters. The molecule has 2 fully saturated rings. The van der Waals surface area contributed by atoms with E-state index in [9.17, 15) is 8.42 Å². The van der Waals surface area contributed by atoms with Crippen molar-refractivity contribution in [3.05, 3.63) is 17.3 Å². The minimum atomic E-state index is -3.27. The van der Waals surface area contributed by atoms with Gasteiger partial charge in [0.15, 0.2) is 5.82 Å². The predicted molar refractivity (Wildman–Crippen MR) is 75.2 cm³/mol. The molecule has 2 aliphatic rings. The van der Waals surface area contributed by atoms with Crippen LogP contribution in [0.25, 0.3) is 10.8 Å². The van der Waals surface area contributed by atoms with E-state index >= 15 is 0 Å². The van der Waals surface area contributed by atoms with Crippen LogP contribution in [-0.4, -0.2) is 23.8 Å². The van der Waals surface area contributed by atoms with Crippen molar-refractivity contribution < 1.29 is 12.9 Å². The Hall–Kier alpha value is -1.41. The monoisotopic (exact) mass is 311 g/mol. The van der Waals surface area contributed by atoms with Crippen molar-refractivity contribution in [2.45, 2.75) is 36.9 Å². The van der Waals surface area contributed by atoms with Crippen LogP contribution in [0.4, 0.5) is 5.69 Å². The smallest absolute Gasteiger partial charge is 0.270 e. The summed E-state index contributed by atoms with van der Waals surface area (Å²) in [5.74, 6) is 1.54. The molecule has 0 saturated heterocycles. The van der Waals surface area contributed by atoms with E-state index in [1.54, 1.807) is 6.07 Å². The van der Waals surface area contributed by atoms with Crippen LogP contribution in [0.3, 0.4) is 0 Å². The molecule has 0 aromatic carbocycles. The summed E-state index contributed by atoms with van der Waals surface area (Å²) in [6, 6.07) is 1.74. The molecule has 106 valence electrons. The normalized spacial score (nSPS) is 19.2. The zero-order valence-electron chi connectivity index (χ0n) is 10.6. The first-order chi connectivity index (χ1) is 9.63. The van der Waals surface area contributed by atoms with Crippen molar-refractivity contribution in [1.29, 1.82) is 0 Å². The van der Waals surface area contributed by atoms with Gasteiger partial charge in [0.25, 0.3) is 5.89 Å². The average molecular weight is 311 g/mol. The van der Waals surface area contributed by atoms with Gasteiger partial charge in [0.05, 0.1) is 10.9 Å². The fourth-order valence-corrected chi connectivity index (χ4v) is 4.24. The number of hydrogen-bond donors (Lipinski definition) is 1. The Morgan fingerprint density at radius 2 is 2.10 bits per heavy atom. The van der Waals surface area contributed by atoms with Gasteiger partial charge in [-0.2, -0.15) is 4.98 Å². The summed E-state index contributed by atoms with van der Waals surface area (Å²) in [4.78, 5) is 5.05. The maximum Gasteiger partial charge on any atom is 0.270 e. The van der Waals surface area contributed by atoms with E-state index in [0.29, 0.717) is 22.4 Å². The average Bonchev–Trinajstić information content (AvgIpc) is 3.33. The number of nitrogens with one attached hydrogen (secondary N) is 1. The van der Waals surface area contributed by atoms with E-state index < -0.39 is 10.0 Å². The Morgan fingerprint density at radius 1 is 1.30 bits per heavy atom. The number of anilines is 1. The number of nitrogens with zero attached hydrogens (tertiary/aromatic N) is 2. The molecule has 2 aliphatic carbocycles. The maximum absolute atomic E-state index is 12.0. The molecule has 2 heterocycles. The molecule has 0 spiro atoms. The van der Waals surface area contributed by atoms with E-state index in [1.807, 2.05) is 5.38 Å². The van der Waals surface area contributed by atoms with Crippen LogP contribution in [0.15, 0.2) is 16.0 Å². The largest absolute Gasteiger partial charge is 0.333 e. The maximum atomic E-state index is 12.0. The van der Waals surface area contributed by atoms with Gasteiger partial charge in [0.1, 0.15) is 4.88 Å². The standard InChI is InChI=1S/C12H13N3O3S2/c16-20(17,8-3-4-8)15-9-5-6-19-10(9)12-13-11(14-18-12)7-1-2-7/h5-8,15H,1-4H2. The minimum Gasteiger partial charge on any atom is -0.333 e. The zero-order valence-corrected chi connectivity index (χ0v) is 12.2. The minimum absolute atomic E-state index is 0.250. The van der Waals surface area contributed by atoms with Crippen LogP contribution in [0.2, 0.25) is 0 Å². The number of rotatable bonds is 5. The number of thiophene rings is 1. The van der Waals surface area contributed by atoms with Gasteiger partial charge in [-0.25, -0.2) is 8.42 Å².